The summed E-state index contributed by atoms with van der Waals surface area (Å²) in [4.78, 5) is 30.9. The van der Waals surface area contributed by atoms with Crippen LogP contribution in [0.15, 0.2) is 28.4 Å². The van der Waals surface area contributed by atoms with Crippen LogP contribution in [-0.2, 0) is 13.0 Å². The predicted octanol–water partition coefficient (Wildman–Crippen LogP) is 2.07. The van der Waals surface area contributed by atoms with E-state index in [4.69, 9.17) is 4.52 Å². The minimum Gasteiger partial charge on any atom is -0.338 e. The van der Waals surface area contributed by atoms with Crippen molar-refractivity contribution in [2.24, 2.45) is 0 Å². The van der Waals surface area contributed by atoms with Gasteiger partial charge in [-0.25, -0.2) is 19.7 Å². The van der Waals surface area contributed by atoms with Crippen molar-refractivity contribution in [2.75, 3.05) is 13.1 Å². The molecule has 9 nitrogen and oxygen atoms in total. The van der Waals surface area contributed by atoms with Gasteiger partial charge >= 0.3 is 6.03 Å². The molecule has 10 heteroatoms. The van der Waals surface area contributed by atoms with Gasteiger partial charge in [-0.05, 0) is 19.9 Å². The number of amides is 2. The second-order valence-corrected chi connectivity index (χ2v) is 6.31. The summed E-state index contributed by atoms with van der Waals surface area (Å²) in [5.74, 6) is 1.59. The Labute approximate surface area is 154 Å². The standard InChI is InChI=1S/C16H19N7O2S/c1-3-23(9-13-20-11(2)22-25-13)16(24)19-8-5-12-10-26-15(21-12)14-17-6-4-7-18-14/h4,6-7,10H,3,5,8-9H2,1-2H3,(H,19,24). The van der Waals surface area contributed by atoms with Gasteiger partial charge in [0.25, 0.3) is 0 Å². The molecule has 0 saturated carbocycles. The molecule has 0 aliphatic heterocycles. The van der Waals surface area contributed by atoms with E-state index in [1.807, 2.05) is 12.3 Å². The Morgan fingerprint density at radius 1 is 1.31 bits per heavy atom. The second-order valence-electron chi connectivity index (χ2n) is 5.45. The van der Waals surface area contributed by atoms with Crippen LogP contribution in [0.5, 0.6) is 0 Å². The average Bonchev–Trinajstić information content (AvgIpc) is 3.29. The molecule has 136 valence electrons. The molecule has 0 atom stereocenters. The molecule has 3 heterocycles. The first-order valence-electron chi connectivity index (χ1n) is 8.19. The Bertz CT molecular complexity index is 849. The van der Waals surface area contributed by atoms with Crippen molar-refractivity contribution in [1.29, 1.82) is 0 Å². The van der Waals surface area contributed by atoms with Crippen molar-refractivity contribution < 1.29 is 9.32 Å². The zero-order valence-electron chi connectivity index (χ0n) is 14.5. The third kappa shape index (κ3) is 4.60. The number of thiazole rings is 1. The molecule has 0 unspecified atom stereocenters. The molecule has 3 aromatic rings. The fraction of sp³-hybridized carbons (Fsp3) is 0.375. The average molecular weight is 373 g/mol. The number of aromatic nitrogens is 5. The van der Waals surface area contributed by atoms with Gasteiger partial charge < -0.3 is 14.7 Å². The lowest BCUT2D eigenvalue weighted by atomic mass is 10.3. The lowest BCUT2D eigenvalue weighted by molar-refractivity contribution is 0.190. The van der Waals surface area contributed by atoms with Crippen LogP contribution >= 0.6 is 11.3 Å². The van der Waals surface area contributed by atoms with Crippen molar-refractivity contribution in [3.63, 3.8) is 0 Å². The third-order valence-electron chi connectivity index (χ3n) is 3.53. The van der Waals surface area contributed by atoms with Crippen molar-refractivity contribution >= 4 is 17.4 Å². The summed E-state index contributed by atoms with van der Waals surface area (Å²) in [6, 6.07) is 1.59. The molecule has 0 bridgehead atoms. The molecule has 0 aliphatic rings. The van der Waals surface area contributed by atoms with E-state index in [0.717, 1.165) is 10.7 Å². The topological polar surface area (TPSA) is 110 Å². The Morgan fingerprint density at radius 2 is 2.12 bits per heavy atom. The van der Waals surface area contributed by atoms with Crippen molar-refractivity contribution in [2.45, 2.75) is 26.8 Å². The molecule has 3 aromatic heterocycles. The molecule has 3 rings (SSSR count). The summed E-state index contributed by atoms with van der Waals surface area (Å²) in [5.41, 5.74) is 0.897. The zero-order valence-corrected chi connectivity index (χ0v) is 15.4. The first kappa shape index (κ1) is 17.9. The number of carbonyl (C=O) groups is 1. The van der Waals surface area contributed by atoms with Gasteiger partial charge in [-0.1, -0.05) is 5.16 Å². The molecular weight excluding hydrogens is 354 g/mol. The zero-order chi connectivity index (χ0) is 18.4. The van der Waals surface area contributed by atoms with E-state index in [1.165, 1.54) is 11.3 Å². The highest BCUT2D eigenvalue weighted by Gasteiger charge is 2.15. The molecule has 0 aliphatic carbocycles. The summed E-state index contributed by atoms with van der Waals surface area (Å²) in [5, 5.41) is 9.35. The highest BCUT2D eigenvalue weighted by atomic mass is 32.1. The van der Waals surface area contributed by atoms with E-state index in [1.54, 1.807) is 30.3 Å². The van der Waals surface area contributed by atoms with E-state index < -0.39 is 0 Å². The molecule has 0 saturated heterocycles. The van der Waals surface area contributed by atoms with Gasteiger partial charge in [-0.3, -0.25) is 0 Å². The van der Waals surface area contributed by atoms with Crippen LogP contribution in [0.1, 0.15) is 24.3 Å². The van der Waals surface area contributed by atoms with Crippen LogP contribution in [-0.4, -0.2) is 49.1 Å². The molecule has 0 radical (unpaired) electrons. The molecule has 26 heavy (non-hydrogen) atoms. The first-order valence-corrected chi connectivity index (χ1v) is 9.07. The van der Waals surface area contributed by atoms with E-state index in [9.17, 15) is 4.79 Å². The number of nitrogens with one attached hydrogen (secondary N) is 1. The Kier molecular flexibility index (Phi) is 5.84. The van der Waals surface area contributed by atoms with E-state index in [-0.39, 0.29) is 12.6 Å². The van der Waals surface area contributed by atoms with E-state index in [2.05, 4.69) is 30.4 Å². The number of hydrogen-bond donors (Lipinski definition) is 1. The minimum absolute atomic E-state index is 0.176. The number of carbonyl (C=O) groups excluding carboxylic acids is 1. The predicted molar refractivity (Wildman–Crippen MR) is 95.4 cm³/mol. The number of aryl methyl sites for hydroxylation is 1. The van der Waals surface area contributed by atoms with Crippen molar-refractivity contribution in [1.82, 2.24) is 35.3 Å². The fourth-order valence-electron chi connectivity index (χ4n) is 2.24. The third-order valence-corrected chi connectivity index (χ3v) is 4.42. The maximum absolute atomic E-state index is 12.3. The number of rotatable bonds is 7. The van der Waals surface area contributed by atoms with Crippen LogP contribution in [0.4, 0.5) is 4.79 Å². The Balaban J connectivity index is 1.49. The van der Waals surface area contributed by atoms with Crippen LogP contribution in [0, 0.1) is 6.92 Å². The van der Waals surface area contributed by atoms with E-state index >= 15 is 0 Å². The molecule has 0 fully saturated rings. The number of nitrogens with zero attached hydrogens (tertiary/aromatic N) is 6. The van der Waals surface area contributed by atoms with Crippen LogP contribution in [0.25, 0.3) is 10.8 Å². The van der Waals surface area contributed by atoms with Gasteiger partial charge in [-0.2, -0.15) is 4.98 Å². The maximum atomic E-state index is 12.3. The monoisotopic (exact) mass is 373 g/mol. The van der Waals surface area contributed by atoms with Crippen LogP contribution < -0.4 is 5.32 Å². The number of hydrogen-bond acceptors (Lipinski definition) is 8. The molecule has 1 N–H and O–H groups in total. The molecular formula is C16H19N7O2S. The smallest absolute Gasteiger partial charge is 0.317 e. The van der Waals surface area contributed by atoms with Crippen molar-refractivity contribution in [3.8, 4) is 10.8 Å². The second kappa shape index (κ2) is 8.48. The largest absolute Gasteiger partial charge is 0.338 e. The summed E-state index contributed by atoms with van der Waals surface area (Å²) in [7, 11) is 0. The highest BCUT2D eigenvalue weighted by molar-refractivity contribution is 7.13. The summed E-state index contributed by atoms with van der Waals surface area (Å²) in [6.45, 7) is 4.95. The Hall–Kier alpha value is -2.88. The van der Waals surface area contributed by atoms with Gasteiger partial charge in [0.2, 0.25) is 5.89 Å². The van der Waals surface area contributed by atoms with Gasteiger partial charge in [0.1, 0.15) is 6.54 Å². The van der Waals surface area contributed by atoms with Gasteiger partial charge in [-0.15, -0.1) is 11.3 Å². The quantitative estimate of drug-likeness (QED) is 0.675. The van der Waals surface area contributed by atoms with Crippen LogP contribution in [0.3, 0.4) is 0 Å². The SMILES string of the molecule is CCN(Cc1nc(C)no1)C(=O)NCCc1csc(-c2ncccn2)n1. The summed E-state index contributed by atoms with van der Waals surface area (Å²) in [6.07, 6.45) is 4.01. The fourth-order valence-corrected chi connectivity index (χ4v) is 3.04. The van der Waals surface area contributed by atoms with Crippen LogP contribution in [0.2, 0.25) is 0 Å². The highest BCUT2D eigenvalue weighted by Crippen LogP contribution is 2.19. The minimum atomic E-state index is -0.176. The molecule has 2 amide bonds. The summed E-state index contributed by atoms with van der Waals surface area (Å²) >= 11 is 1.49. The first-order chi connectivity index (χ1) is 12.7. The van der Waals surface area contributed by atoms with Crippen molar-refractivity contribution in [3.05, 3.63) is 41.2 Å². The number of urea groups is 1. The molecule has 0 aromatic carbocycles. The maximum Gasteiger partial charge on any atom is 0.317 e. The molecule has 0 spiro atoms. The van der Waals surface area contributed by atoms with Gasteiger partial charge in [0, 0.05) is 37.3 Å². The van der Waals surface area contributed by atoms with Gasteiger partial charge in [0.05, 0.1) is 5.69 Å². The normalized spacial score (nSPS) is 10.7. The Morgan fingerprint density at radius 3 is 2.81 bits per heavy atom. The lowest BCUT2D eigenvalue weighted by Crippen LogP contribution is -2.40. The summed E-state index contributed by atoms with van der Waals surface area (Å²) < 4.78 is 5.06. The lowest BCUT2D eigenvalue weighted by Gasteiger charge is -2.19. The van der Waals surface area contributed by atoms with Gasteiger partial charge in [0.15, 0.2) is 16.7 Å². The van der Waals surface area contributed by atoms with E-state index in [0.29, 0.717) is 37.0 Å².